The van der Waals surface area contributed by atoms with E-state index in [2.05, 4.69) is 22.0 Å². The van der Waals surface area contributed by atoms with Crippen molar-refractivity contribution in [3.8, 4) is 11.8 Å². The molecule has 1 aliphatic carbocycles. The summed E-state index contributed by atoms with van der Waals surface area (Å²) in [6.07, 6.45) is 0.784. The van der Waals surface area contributed by atoms with E-state index in [0.717, 1.165) is 26.7 Å². The molecule has 0 radical (unpaired) electrons. The van der Waals surface area contributed by atoms with Crippen molar-refractivity contribution in [2.24, 2.45) is 11.1 Å². The van der Waals surface area contributed by atoms with E-state index in [4.69, 9.17) is 22.1 Å². The second-order valence-corrected chi connectivity index (χ2v) is 13.0. The summed E-state index contributed by atoms with van der Waals surface area (Å²) in [4.78, 5) is 26.5. The summed E-state index contributed by atoms with van der Waals surface area (Å²) < 4.78 is 6.97. The van der Waals surface area contributed by atoms with Crippen LogP contribution in [0.2, 0.25) is 5.02 Å². The van der Waals surface area contributed by atoms with Gasteiger partial charge in [0.1, 0.15) is 18.2 Å². The molecule has 2 N–H and O–H groups in total. The third-order valence-corrected chi connectivity index (χ3v) is 8.98. The second kappa shape index (κ2) is 11.5. The number of Topliss-reactive ketones (excluding diaryl/α,β-unsaturated/α-hetero) is 1. The SMILES string of the molecule is Cc1cc(C)c(C2C(C#N)=C(N)N(c3ccc([N+](=O)[O-])cc3Cl)C3=C2C(=O)CC(C)(C)C3)cc1COc1ccccc1Br. The number of non-ortho nitro benzene ring substituents is 1. The predicted octanol–water partition coefficient (Wildman–Crippen LogP) is 8.15. The minimum Gasteiger partial charge on any atom is -0.488 e. The number of anilines is 1. The zero-order chi connectivity index (χ0) is 31.2. The van der Waals surface area contributed by atoms with Crippen LogP contribution < -0.4 is 15.4 Å². The number of halogens is 2. The van der Waals surface area contributed by atoms with Crippen molar-refractivity contribution >= 4 is 44.7 Å². The van der Waals surface area contributed by atoms with E-state index in [1.807, 2.05) is 64.1 Å². The molecule has 0 saturated carbocycles. The number of nitrogens with zero attached hydrogens (tertiary/aromatic N) is 3. The van der Waals surface area contributed by atoms with Gasteiger partial charge >= 0.3 is 0 Å². The Bertz CT molecular complexity index is 1790. The van der Waals surface area contributed by atoms with Gasteiger partial charge in [-0.2, -0.15) is 5.26 Å². The quantitative estimate of drug-likeness (QED) is 0.209. The Morgan fingerprint density at radius 1 is 1.16 bits per heavy atom. The van der Waals surface area contributed by atoms with E-state index in [9.17, 15) is 20.2 Å². The first-order valence-electron chi connectivity index (χ1n) is 13.7. The Kier molecular flexibility index (Phi) is 8.12. The number of aryl methyl sites for hydroxylation is 2. The number of hydrogen-bond acceptors (Lipinski definition) is 7. The van der Waals surface area contributed by atoms with Crippen LogP contribution in [0, 0.1) is 40.7 Å². The number of ether oxygens (including phenoxy) is 1. The molecule has 0 fully saturated rings. The van der Waals surface area contributed by atoms with Gasteiger partial charge in [0.05, 0.1) is 37.7 Å². The molecule has 0 bridgehead atoms. The number of nitro groups is 1. The number of carbonyl (C=O) groups excluding carboxylic acids is 1. The molecular weight excluding hydrogens is 632 g/mol. The fourth-order valence-corrected chi connectivity index (χ4v) is 6.64. The van der Waals surface area contributed by atoms with Crippen molar-refractivity contribution in [1.82, 2.24) is 0 Å². The van der Waals surface area contributed by atoms with Crippen LogP contribution in [0.1, 0.15) is 54.9 Å². The molecule has 8 nitrogen and oxygen atoms in total. The van der Waals surface area contributed by atoms with Gasteiger partial charge in [-0.15, -0.1) is 0 Å². The van der Waals surface area contributed by atoms with E-state index in [0.29, 0.717) is 35.5 Å². The Hall–Kier alpha value is -4.13. The van der Waals surface area contributed by atoms with Crippen LogP contribution in [-0.2, 0) is 11.4 Å². The first kappa shape index (κ1) is 30.3. The largest absolute Gasteiger partial charge is 0.488 e. The summed E-state index contributed by atoms with van der Waals surface area (Å²) in [5.74, 6) is 0.0670. The van der Waals surface area contributed by atoms with E-state index in [1.165, 1.54) is 18.2 Å². The molecule has 0 amide bonds. The molecule has 3 aromatic rings. The van der Waals surface area contributed by atoms with Crippen molar-refractivity contribution < 1.29 is 14.5 Å². The summed E-state index contributed by atoms with van der Waals surface area (Å²) >= 11 is 10.1. The summed E-state index contributed by atoms with van der Waals surface area (Å²) in [7, 11) is 0. The number of ketones is 1. The van der Waals surface area contributed by atoms with Gasteiger partial charge in [0.25, 0.3) is 5.69 Å². The van der Waals surface area contributed by atoms with Crippen LogP contribution in [0.3, 0.4) is 0 Å². The third-order valence-electron chi connectivity index (χ3n) is 8.02. The predicted molar refractivity (Wildman–Crippen MR) is 170 cm³/mol. The molecule has 220 valence electrons. The van der Waals surface area contributed by atoms with Gasteiger partial charge in [-0.05, 0) is 82.1 Å². The lowest BCUT2D eigenvalue weighted by Gasteiger charge is -2.44. The molecule has 1 atom stereocenters. The van der Waals surface area contributed by atoms with Crippen molar-refractivity contribution in [2.75, 3.05) is 4.90 Å². The summed E-state index contributed by atoms with van der Waals surface area (Å²) in [6.45, 7) is 8.26. The highest BCUT2D eigenvalue weighted by Crippen LogP contribution is 2.52. The Labute approximate surface area is 263 Å². The van der Waals surface area contributed by atoms with Crippen molar-refractivity contribution in [1.29, 1.82) is 5.26 Å². The van der Waals surface area contributed by atoms with E-state index in [1.54, 1.807) is 4.90 Å². The minimum atomic E-state index is -0.695. The first-order valence-corrected chi connectivity index (χ1v) is 14.9. The number of nitriles is 1. The fourth-order valence-electron chi connectivity index (χ4n) is 5.99. The van der Waals surface area contributed by atoms with Gasteiger partial charge in [0, 0.05) is 29.8 Å². The van der Waals surface area contributed by atoms with Gasteiger partial charge in [-0.1, -0.05) is 49.7 Å². The average molecular weight is 662 g/mol. The van der Waals surface area contributed by atoms with Crippen LogP contribution in [-0.4, -0.2) is 10.7 Å². The lowest BCUT2D eigenvalue weighted by molar-refractivity contribution is -0.384. The van der Waals surface area contributed by atoms with E-state index in [-0.39, 0.29) is 39.9 Å². The highest BCUT2D eigenvalue weighted by molar-refractivity contribution is 9.10. The summed E-state index contributed by atoms with van der Waals surface area (Å²) in [5.41, 5.74) is 11.6. The van der Waals surface area contributed by atoms with E-state index < -0.39 is 10.8 Å². The number of para-hydroxylation sites is 1. The molecule has 5 rings (SSSR count). The van der Waals surface area contributed by atoms with Gasteiger partial charge in [0.15, 0.2) is 5.78 Å². The first-order chi connectivity index (χ1) is 20.3. The highest BCUT2D eigenvalue weighted by atomic mass is 79.9. The molecule has 0 spiro atoms. The summed E-state index contributed by atoms with van der Waals surface area (Å²) in [5, 5.41) is 22.0. The number of nitrogens with two attached hydrogens (primary N) is 1. The van der Waals surface area contributed by atoms with Gasteiger partial charge in [-0.3, -0.25) is 19.8 Å². The molecule has 1 heterocycles. The number of allylic oxidation sites excluding steroid dienone is 3. The monoisotopic (exact) mass is 660 g/mol. The number of nitro benzene ring substituents is 1. The van der Waals surface area contributed by atoms with Crippen molar-refractivity contribution in [3.05, 3.63) is 119 Å². The molecule has 10 heteroatoms. The minimum absolute atomic E-state index is 0.0782. The molecule has 0 saturated heterocycles. The molecule has 3 aromatic carbocycles. The smallest absolute Gasteiger partial charge is 0.271 e. The maximum atomic E-state index is 14.0. The standard InChI is InChI=1S/C33H30BrClN4O4/c1-18-11-19(2)22(12-20(18)17-43-29-8-6-5-7-24(29)34)30-23(16-36)32(37)38(26-10-9-21(39(41)42)13-25(26)35)27-14-33(3,4)15-28(40)31(27)30/h5-13,30H,14-15,17,37H2,1-4H3. The maximum absolute atomic E-state index is 14.0. The summed E-state index contributed by atoms with van der Waals surface area (Å²) in [6, 6.07) is 18.0. The lowest BCUT2D eigenvalue weighted by atomic mass is 9.68. The maximum Gasteiger partial charge on any atom is 0.271 e. The Morgan fingerprint density at radius 3 is 2.53 bits per heavy atom. The Morgan fingerprint density at radius 2 is 1.88 bits per heavy atom. The number of rotatable bonds is 6. The topological polar surface area (TPSA) is 122 Å². The molecule has 1 unspecified atom stereocenters. The average Bonchev–Trinajstić information content (AvgIpc) is 2.93. The second-order valence-electron chi connectivity index (χ2n) is 11.7. The zero-order valence-corrected chi connectivity index (χ0v) is 26.5. The van der Waals surface area contributed by atoms with Gasteiger partial charge in [0.2, 0.25) is 0 Å². The van der Waals surface area contributed by atoms with Crippen LogP contribution in [0.5, 0.6) is 5.75 Å². The normalized spacial score (nSPS) is 17.9. The molecule has 1 aliphatic heterocycles. The van der Waals surface area contributed by atoms with Crippen LogP contribution in [0.4, 0.5) is 11.4 Å². The van der Waals surface area contributed by atoms with Gasteiger partial charge in [-0.25, -0.2) is 0 Å². The zero-order valence-electron chi connectivity index (χ0n) is 24.2. The van der Waals surface area contributed by atoms with E-state index >= 15 is 0 Å². The Balaban J connectivity index is 1.68. The van der Waals surface area contributed by atoms with Crippen LogP contribution >= 0.6 is 27.5 Å². The van der Waals surface area contributed by atoms with Crippen LogP contribution in [0.25, 0.3) is 0 Å². The van der Waals surface area contributed by atoms with Crippen molar-refractivity contribution in [2.45, 2.75) is 53.1 Å². The molecular formula is C33H30BrClN4O4. The third kappa shape index (κ3) is 5.65. The number of hydrogen-bond donors (Lipinski definition) is 1. The lowest BCUT2D eigenvalue weighted by Crippen LogP contribution is -2.42. The van der Waals surface area contributed by atoms with Crippen molar-refractivity contribution in [3.63, 3.8) is 0 Å². The molecule has 2 aliphatic rings. The molecule has 43 heavy (non-hydrogen) atoms. The highest BCUT2D eigenvalue weighted by Gasteiger charge is 2.45. The van der Waals surface area contributed by atoms with Crippen LogP contribution in [0.15, 0.2) is 81.7 Å². The number of benzene rings is 3. The molecule has 0 aromatic heterocycles. The van der Waals surface area contributed by atoms with Gasteiger partial charge < -0.3 is 10.5 Å². The number of carbonyl (C=O) groups is 1. The fraction of sp³-hybridized carbons (Fsp3) is 0.273.